The average Bonchev–Trinajstić information content (AvgIpc) is 2.87. The fraction of sp³-hybridized carbons (Fsp3) is 0.167. The smallest absolute Gasteiger partial charge is 0.353 e. The van der Waals surface area contributed by atoms with Gasteiger partial charge in [-0.05, 0) is 34.1 Å². The molecule has 1 aromatic carbocycles. The predicted octanol–water partition coefficient (Wildman–Crippen LogP) is 2.55. The van der Waals surface area contributed by atoms with Crippen LogP contribution in [0.1, 0.15) is 10.5 Å². The Labute approximate surface area is 117 Å². The van der Waals surface area contributed by atoms with Crippen molar-refractivity contribution in [1.29, 1.82) is 0 Å². The highest BCUT2D eigenvalue weighted by molar-refractivity contribution is 9.10. The number of aromatic amines is 1. The maximum atomic E-state index is 10.8. The van der Waals surface area contributed by atoms with Crippen LogP contribution in [0.4, 0.5) is 0 Å². The van der Waals surface area contributed by atoms with Crippen LogP contribution in [0.5, 0.6) is 11.5 Å². The van der Waals surface area contributed by atoms with Crippen molar-refractivity contribution in [2.24, 2.45) is 0 Å². The van der Waals surface area contributed by atoms with E-state index in [4.69, 9.17) is 14.6 Å². The second-order valence-corrected chi connectivity index (χ2v) is 4.43. The molecule has 0 unspecified atom stereocenters. The largest absolute Gasteiger partial charge is 0.493 e. The third-order valence-corrected chi connectivity index (χ3v) is 3.36. The monoisotopic (exact) mass is 326 g/mol. The number of rotatable bonds is 4. The Morgan fingerprint density at radius 2 is 2.11 bits per heavy atom. The zero-order chi connectivity index (χ0) is 14.0. The number of methoxy groups -OCH3 is 2. The molecule has 6 nitrogen and oxygen atoms in total. The minimum absolute atomic E-state index is 0.0247. The zero-order valence-electron chi connectivity index (χ0n) is 10.2. The normalized spacial score (nSPS) is 10.3. The lowest BCUT2D eigenvalue weighted by Gasteiger charge is -2.11. The van der Waals surface area contributed by atoms with Gasteiger partial charge in [-0.15, -0.1) is 0 Å². The predicted molar refractivity (Wildman–Crippen MR) is 71.8 cm³/mol. The second kappa shape index (κ2) is 5.31. The first kappa shape index (κ1) is 13.4. The van der Waals surface area contributed by atoms with E-state index in [1.807, 2.05) is 0 Å². The Morgan fingerprint density at radius 3 is 2.63 bits per heavy atom. The van der Waals surface area contributed by atoms with Crippen LogP contribution in [0.25, 0.3) is 11.3 Å². The van der Waals surface area contributed by atoms with Gasteiger partial charge in [0.25, 0.3) is 0 Å². The van der Waals surface area contributed by atoms with Crippen LogP contribution < -0.4 is 9.47 Å². The molecule has 2 rings (SSSR count). The molecule has 0 atom stereocenters. The number of benzene rings is 1. The van der Waals surface area contributed by atoms with E-state index in [1.54, 1.807) is 19.2 Å². The number of H-pyrrole nitrogens is 1. The molecular formula is C12H11BrN2O4. The summed E-state index contributed by atoms with van der Waals surface area (Å²) < 4.78 is 11.1. The van der Waals surface area contributed by atoms with Gasteiger partial charge >= 0.3 is 5.97 Å². The molecule has 0 saturated heterocycles. The van der Waals surface area contributed by atoms with Gasteiger partial charge in [0.05, 0.1) is 24.4 Å². The van der Waals surface area contributed by atoms with E-state index in [1.165, 1.54) is 13.2 Å². The van der Waals surface area contributed by atoms with Crippen LogP contribution in [-0.2, 0) is 0 Å². The Bertz CT molecular complexity index is 624. The Balaban J connectivity index is 2.53. The summed E-state index contributed by atoms with van der Waals surface area (Å²) in [6.45, 7) is 0. The molecule has 0 fully saturated rings. The highest BCUT2D eigenvalue weighted by Gasteiger charge is 2.17. The third-order valence-electron chi connectivity index (χ3n) is 2.57. The standard InChI is InChI=1S/C12H11BrN2O4/c1-18-9-4-3-6(10(13)11(9)19-2)7-5-8(12(16)17)15-14-7/h3-5H,1-2H3,(H,14,15)(H,16,17). The van der Waals surface area contributed by atoms with E-state index >= 15 is 0 Å². The second-order valence-electron chi connectivity index (χ2n) is 3.63. The van der Waals surface area contributed by atoms with Gasteiger partial charge in [-0.2, -0.15) is 5.10 Å². The Morgan fingerprint density at radius 1 is 1.37 bits per heavy atom. The number of carbonyl (C=O) groups is 1. The van der Waals surface area contributed by atoms with Gasteiger partial charge in [0, 0.05) is 5.56 Å². The summed E-state index contributed by atoms with van der Waals surface area (Å²) in [5.41, 5.74) is 1.24. The molecule has 0 amide bonds. The molecule has 0 aliphatic heterocycles. The Kier molecular flexibility index (Phi) is 3.75. The van der Waals surface area contributed by atoms with Crippen LogP contribution in [0.2, 0.25) is 0 Å². The van der Waals surface area contributed by atoms with Crippen molar-refractivity contribution in [2.75, 3.05) is 14.2 Å². The quantitative estimate of drug-likeness (QED) is 0.901. The molecule has 1 aromatic heterocycles. The number of nitrogens with zero attached hydrogens (tertiary/aromatic N) is 1. The van der Waals surface area contributed by atoms with E-state index in [-0.39, 0.29) is 5.69 Å². The SMILES string of the molecule is COc1ccc(-c2cc(C(=O)O)[nH]n2)c(Br)c1OC. The van der Waals surface area contributed by atoms with E-state index in [0.29, 0.717) is 27.2 Å². The number of aromatic carboxylic acids is 1. The first-order chi connectivity index (χ1) is 9.08. The fourth-order valence-corrected chi connectivity index (χ4v) is 2.35. The van der Waals surface area contributed by atoms with Gasteiger partial charge in [0.1, 0.15) is 5.69 Å². The number of carboxylic acids is 1. The van der Waals surface area contributed by atoms with Crippen molar-refractivity contribution in [3.8, 4) is 22.8 Å². The minimum Gasteiger partial charge on any atom is -0.493 e. The lowest BCUT2D eigenvalue weighted by atomic mass is 10.1. The third kappa shape index (κ3) is 2.41. The van der Waals surface area contributed by atoms with Gasteiger partial charge in [-0.25, -0.2) is 4.79 Å². The number of aromatic nitrogens is 2. The highest BCUT2D eigenvalue weighted by atomic mass is 79.9. The molecule has 2 aromatic rings. The fourth-order valence-electron chi connectivity index (χ4n) is 1.66. The molecule has 0 spiro atoms. The first-order valence-electron chi connectivity index (χ1n) is 5.28. The van der Waals surface area contributed by atoms with Crippen molar-refractivity contribution < 1.29 is 19.4 Å². The van der Waals surface area contributed by atoms with Crippen molar-refractivity contribution >= 4 is 21.9 Å². The van der Waals surface area contributed by atoms with Crippen LogP contribution in [-0.4, -0.2) is 35.5 Å². The molecule has 0 aliphatic carbocycles. The molecule has 7 heteroatoms. The average molecular weight is 327 g/mol. The van der Waals surface area contributed by atoms with Crippen LogP contribution >= 0.6 is 15.9 Å². The lowest BCUT2D eigenvalue weighted by molar-refractivity contribution is 0.0690. The number of halogens is 1. The molecule has 2 N–H and O–H groups in total. The summed E-state index contributed by atoms with van der Waals surface area (Å²) in [6.07, 6.45) is 0. The summed E-state index contributed by atoms with van der Waals surface area (Å²) in [6, 6.07) is 4.95. The van der Waals surface area contributed by atoms with Gasteiger partial charge in [0.15, 0.2) is 11.5 Å². The maximum Gasteiger partial charge on any atom is 0.353 e. The molecule has 100 valence electrons. The first-order valence-corrected chi connectivity index (χ1v) is 6.07. The van der Waals surface area contributed by atoms with E-state index in [9.17, 15) is 4.79 Å². The van der Waals surface area contributed by atoms with Crippen molar-refractivity contribution in [3.05, 3.63) is 28.4 Å². The van der Waals surface area contributed by atoms with Crippen molar-refractivity contribution in [1.82, 2.24) is 10.2 Å². The Hall–Kier alpha value is -2.02. The number of carboxylic acid groups (broad SMARTS) is 1. The molecule has 0 bridgehead atoms. The van der Waals surface area contributed by atoms with Crippen molar-refractivity contribution in [3.63, 3.8) is 0 Å². The molecule has 0 aliphatic rings. The number of ether oxygens (including phenoxy) is 2. The molecule has 0 radical (unpaired) electrons. The van der Waals surface area contributed by atoms with Gasteiger partial charge < -0.3 is 14.6 Å². The highest BCUT2D eigenvalue weighted by Crippen LogP contribution is 2.41. The lowest BCUT2D eigenvalue weighted by Crippen LogP contribution is -1.95. The topological polar surface area (TPSA) is 84.4 Å². The van der Waals surface area contributed by atoms with E-state index in [0.717, 1.165) is 0 Å². The van der Waals surface area contributed by atoms with E-state index < -0.39 is 5.97 Å². The van der Waals surface area contributed by atoms with Crippen LogP contribution in [0.15, 0.2) is 22.7 Å². The molecule has 19 heavy (non-hydrogen) atoms. The minimum atomic E-state index is -1.06. The zero-order valence-corrected chi connectivity index (χ0v) is 11.8. The molecule has 1 heterocycles. The number of hydrogen-bond donors (Lipinski definition) is 2. The van der Waals surface area contributed by atoms with Crippen molar-refractivity contribution in [2.45, 2.75) is 0 Å². The molecular weight excluding hydrogens is 316 g/mol. The van der Waals surface area contributed by atoms with Gasteiger partial charge in [0.2, 0.25) is 0 Å². The van der Waals surface area contributed by atoms with Crippen LogP contribution in [0.3, 0.4) is 0 Å². The summed E-state index contributed by atoms with van der Waals surface area (Å²) in [4.78, 5) is 10.8. The number of nitrogens with one attached hydrogen (secondary N) is 1. The summed E-state index contributed by atoms with van der Waals surface area (Å²) in [7, 11) is 3.07. The van der Waals surface area contributed by atoms with Gasteiger partial charge in [-0.1, -0.05) is 0 Å². The van der Waals surface area contributed by atoms with Crippen LogP contribution in [0, 0.1) is 0 Å². The number of hydrogen-bond acceptors (Lipinski definition) is 4. The molecule has 0 saturated carbocycles. The van der Waals surface area contributed by atoms with E-state index in [2.05, 4.69) is 26.1 Å². The summed E-state index contributed by atoms with van der Waals surface area (Å²) in [5, 5.41) is 15.3. The summed E-state index contributed by atoms with van der Waals surface area (Å²) >= 11 is 3.41. The summed E-state index contributed by atoms with van der Waals surface area (Å²) in [5.74, 6) is 0.0438. The van der Waals surface area contributed by atoms with Gasteiger partial charge in [-0.3, -0.25) is 5.10 Å². The maximum absolute atomic E-state index is 10.8.